The lowest BCUT2D eigenvalue weighted by Crippen LogP contribution is -2.27. The van der Waals surface area contributed by atoms with E-state index in [4.69, 9.17) is 5.11 Å². The van der Waals surface area contributed by atoms with Crippen LogP contribution in [-0.4, -0.2) is 24.2 Å². The van der Waals surface area contributed by atoms with Crippen LogP contribution in [0.5, 0.6) is 0 Å². The zero-order valence-corrected chi connectivity index (χ0v) is 11.1. The number of anilines is 1. The zero-order chi connectivity index (χ0) is 13.3. The van der Waals surface area contributed by atoms with Crippen LogP contribution in [0.3, 0.4) is 0 Å². The van der Waals surface area contributed by atoms with E-state index in [0.29, 0.717) is 6.54 Å². The predicted octanol–water partition coefficient (Wildman–Crippen LogP) is 1.56. The van der Waals surface area contributed by atoms with Crippen LogP contribution in [0.2, 0.25) is 0 Å². The largest absolute Gasteiger partial charge is 0.395 e. The molecule has 0 saturated carbocycles. The predicted molar refractivity (Wildman–Crippen MR) is 71.6 cm³/mol. The Bertz CT molecular complexity index is 469. The van der Waals surface area contributed by atoms with Gasteiger partial charge in [-0.25, -0.2) is 0 Å². The number of hydrogen-bond acceptors (Lipinski definition) is 3. The second-order valence-corrected chi connectivity index (χ2v) is 5.28. The molecule has 4 heteroatoms. The monoisotopic (exact) mass is 248 g/mol. The summed E-state index contributed by atoms with van der Waals surface area (Å²) in [6, 6.07) is 6.20. The maximum Gasteiger partial charge on any atom is 0.234 e. The Morgan fingerprint density at radius 3 is 2.83 bits per heavy atom. The Morgan fingerprint density at radius 2 is 2.17 bits per heavy atom. The third-order valence-electron chi connectivity index (χ3n) is 3.60. The van der Waals surface area contributed by atoms with Gasteiger partial charge in [0.2, 0.25) is 5.91 Å². The number of benzene rings is 1. The maximum atomic E-state index is 11.8. The number of hydrogen-bond donors (Lipinski definition) is 3. The van der Waals surface area contributed by atoms with E-state index in [2.05, 4.69) is 23.6 Å². The van der Waals surface area contributed by atoms with Gasteiger partial charge in [0.15, 0.2) is 0 Å². The first-order valence-electron chi connectivity index (χ1n) is 6.27. The summed E-state index contributed by atoms with van der Waals surface area (Å²) in [6.45, 7) is 6.61. The van der Waals surface area contributed by atoms with Crippen LogP contribution in [0.4, 0.5) is 5.69 Å². The van der Waals surface area contributed by atoms with Gasteiger partial charge in [0, 0.05) is 18.3 Å². The molecule has 3 N–H and O–H groups in total. The summed E-state index contributed by atoms with van der Waals surface area (Å²) in [5.74, 6) is 0.0469. The van der Waals surface area contributed by atoms with Crippen molar-refractivity contribution in [3.8, 4) is 0 Å². The van der Waals surface area contributed by atoms with Crippen LogP contribution in [0.25, 0.3) is 0 Å². The van der Waals surface area contributed by atoms with Crippen LogP contribution in [0.1, 0.15) is 37.9 Å². The molecule has 0 saturated heterocycles. The molecule has 1 unspecified atom stereocenters. The Hall–Kier alpha value is -1.39. The van der Waals surface area contributed by atoms with Crippen molar-refractivity contribution < 1.29 is 9.90 Å². The van der Waals surface area contributed by atoms with E-state index in [9.17, 15) is 4.79 Å². The molecule has 1 aromatic rings. The van der Waals surface area contributed by atoms with Gasteiger partial charge in [-0.3, -0.25) is 4.79 Å². The number of rotatable bonds is 4. The van der Waals surface area contributed by atoms with Gasteiger partial charge in [-0.1, -0.05) is 12.1 Å². The minimum Gasteiger partial charge on any atom is -0.395 e. The van der Waals surface area contributed by atoms with E-state index in [1.165, 1.54) is 0 Å². The van der Waals surface area contributed by atoms with Crippen molar-refractivity contribution in [1.82, 2.24) is 5.32 Å². The Labute approximate surface area is 107 Å². The third-order valence-corrected chi connectivity index (χ3v) is 3.60. The fraction of sp³-hybridized carbons (Fsp3) is 0.500. The van der Waals surface area contributed by atoms with Gasteiger partial charge in [0.05, 0.1) is 12.0 Å². The average Bonchev–Trinajstić information content (AvgIpc) is 2.57. The van der Waals surface area contributed by atoms with Crippen LogP contribution in [0, 0.1) is 0 Å². The van der Waals surface area contributed by atoms with Crippen molar-refractivity contribution in [1.29, 1.82) is 0 Å². The Kier molecular flexibility index (Phi) is 3.41. The quantitative estimate of drug-likeness (QED) is 0.757. The molecular formula is C14H20N2O2. The first kappa shape index (κ1) is 13.1. The van der Waals surface area contributed by atoms with Crippen molar-refractivity contribution in [3.05, 3.63) is 29.3 Å². The molecule has 2 rings (SSSR count). The average molecular weight is 248 g/mol. The Morgan fingerprint density at radius 1 is 1.44 bits per heavy atom. The number of nitrogens with one attached hydrogen (secondary N) is 2. The van der Waals surface area contributed by atoms with Gasteiger partial charge in [0.1, 0.15) is 0 Å². The molecule has 0 radical (unpaired) electrons. The molecule has 1 amide bonds. The zero-order valence-electron chi connectivity index (χ0n) is 11.1. The highest BCUT2D eigenvalue weighted by Gasteiger charge is 2.38. The first-order valence-corrected chi connectivity index (χ1v) is 6.27. The molecule has 0 bridgehead atoms. The number of aliphatic hydroxyl groups excluding tert-OH is 1. The smallest absolute Gasteiger partial charge is 0.234 e. The number of amides is 1. The molecule has 0 spiro atoms. The van der Waals surface area contributed by atoms with Gasteiger partial charge >= 0.3 is 0 Å². The number of aliphatic hydroxyl groups is 1. The summed E-state index contributed by atoms with van der Waals surface area (Å²) in [5, 5.41) is 14.9. The number of fused-ring (bicyclic) bond motifs is 1. The first-order chi connectivity index (χ1) is 8.46. The summed E-state index contributed by atoms with van der Waals surface area (Å²) in [4.78, 5) is 11.8. The van der Waals surface area contributed by atoms with Crippen LogP contribution in [-0.2, 0) is 10.2 Å². The molecular weight excluding hydrogens is 228 g/mol. The topological polar surface area (TPSA) is 61.4 Å². The second-order valence-electron chi connectivity index (χ2n) is 5.28. The summed E-state index contributed by atoms with van der Waals surface area (Å²) in [6.07, 6.45) is 0. The normalized spacial score (nSPS) is 18.3. The summed E-state index contributed by atoms with van der Waals surface area (Å²) in [7, 11) is 0. The van der Waals surface area contributed by atoms with E-state index < -0.39 is 5.41 Å². The van der Waals surface area contributed by atoms with E-state index >= 15 is 0 Å². The van der Waals surface area contributed by atoms with Crippen LogP contribution in [0.15, 0.2) is 18.2 Å². The van der Waals surface area contributed by atoms with E-state index in [-0.39, 0.29) is 18.6 Å². The number of carbonyl (C=O) groups excluding carboxylic acids is 1. The lowest BCUT2D eigenvalue weighted by atomic mass is 9.85. The van der Waals surface area contributed by atoms with Crippen molar-refractivity contribution in [2.45, 2.75) is 32.2 Å². The van der Waals surface area contributed by atoms with Gasteiger partial charge in [-0.2, -0.15) is 0 Å². The standard InChI is InChI=1S/C14H20N2O2/c1-9(15-6-7-17)10-4-5-12-11(8-10)14(2,3)13(18)16-12/h4-5,8-9,15,17H,6-7H2,1-3H3,(H,16,18). The van der Waals surface area contributed by atoms with Crippen molar-refractivity contribution in [2.24, 2.45) is 0 Å². The van der Waals surface area contributed by atoms with Gasteiger partial charge < -0.3 is 15.7 Å². The maximum absolute atomic E-state index is 11.8. The molecule has 18 heavy (non-hydrogen) atoms. The minimum absolute atomic E-state index is 0.0469. The fourth-order valence-electron chi connectivity index (χ4n) is 2.26. The van der Waals surface area contributed by atoms with Crippen molar-refractivity contribution in [3.63, 3.8) is 0 Å². The highest BCUT2D eigenvalue weighted by molar-refractivity contribution is 6.05. The van der Waals surface area contributed by atoms with Crippen LogP contribution < -0.4 is 10.6 Å². The third kappa shape index (κ3) is 2.13. The lowest BCUT2D eigenvalue weighted by molar-refractivity contribution is -0.119. The molecule has 98 valence electrons. The van der Waals surface area contributed by atoms with Crippen molar-refractivity contribution in [2.75, 3.05) is 18.5 Å². The van der Waals surface area contributed by atoms with E-state index in [1.807, 2.05) is 26.0 Å². The molecule has 1 atom stereocenters. The molecule has 1 aromatic carbocycles. The summed E-state index contributed by atoms with van der Waals surface area (Å²) >= 11 is 0. The fourth-order valence-corrected chi connectivity index (χ4v) is 2.26. The van der Waals surface area contributed by atoms with Crippen LogP contribution >= 0.6 is 0 Å². The lowest BCUT2D eigenvalue weighted by Gasteiger charge is -2.18. The molecule has 4 nitrogen and oxygen atoms in total. The van der Waals surface area contributed by atoms with E-state index in [0.717, 1.165) is 16.8 Å². The molecule has 0 aromatic heterocycles. The molecule has 0 aliphatic carbocycles. The van der Waals surface area contributed by atoms with Gasteiger partial charge in [-0.05, 0) is 38.0 Å². The molecule has 1 aliphatic rings. The minimum atomic E-state index is -0.470. The number of carbonyl (C=O) groups is 1. The molecule has 1 heterocycles. The Balaban J connectivity index is 2.28. The van der Waals surface area contributed by atoms with Gasteiger partial charge in [0.25, 0.3) is 0 Å². The van der Waals surface area contributed by atoms with E-state index in [1.54, 1.807) is 0 Å². The molecule has 0 fully saturated rings. The SMILES string of the molecule is CC(NCCO)c1ccc2c(c1)C(C)(C)C(=O)N2. The summed E-state index contributed by atoms with van der Waals surface area (Å²) < 4.78 is 0. The highest BCUT2D eigenvalue weighted by atomic mass is 16.3. The molecule has 1 aliphatic heterocycles. The highest BCUT2D eigenvalue weighted by Crippen LogP contribution is 2.38. The second kappa shape index (κ2) is 4.71. The summed E-state index contributed by atoms with van der Waals surface area (Å²) in [5.41, 5.74) is 2.61. The van der Waals surface area contributed by atoms with Gasteiger partial charge in [-0.15, -0.1) is 0 Å². The van der Waals surface area contributed by atoms with Crippen molar-refractivity contribution >= 4 is 11.6 Å².